The van der Waals surface area contributed by atoms with E-state index in [1.54, 1.807) is 13.3 Å². The number of amides is 2. The standard InChI is InChI=1S/C14H25N5O3/c1-10(2)6-12(15)14(21)18-11-7-17-19(8-11)9-13(20)16-4-5-22-3/h7-8,10,12H,4-6,9,15H2,1-3H3,(H,16,20)(H,18,21)/t12-/m0/s1. The summed E-state index contributed by atoms with van der Waals surface area (Å²) in [6.45, 7) is 5.00. The van der Waals surface area contributed by atoms with Crippen LogP contribution in [-0.2, 0) is 20.9 Å². The molecule has 0 spiro atoms. The largest absolute Gasteiger partial charge is 0.383 e. The van der Waals surface area contributed by atoms with Crippen molar-refractivity contribution in [3.63, 3.8) is 0 Å². The molecule has 0 bridgehead atoms. The highest BCUT2D eigenvalue weighted by molar-refractivity contribution is 5.94. The maximum atomic E-state index is 11.9. The molecule has 8 heteroatoms. The molecule has 22 heavy (non-hydrogen) atoms. The van der Waals surface area contributed by atoms with Gasteiger partial charge in [-0.2, -0.15) is 5.10 Å². The Kier molecular flexibility index (Phi) is 7.55. The molecule has 1 heterocycles. The van der Waals surface area contributed by atoms with E-state index in [0.29, 0.717) is 31.2 Å². The molecule has 1 aromatic heterocycles. The average Bonchev–Trinajstić information content (AvgIpc) is 2.85. The molecular weight excluding hydrogens is 286 g/mol. The summed E-state index contributed by atoms with van der Waals surface area (Å²) < 4.78 is 6.29. The number of ether oxygens (including phenoxy) is 1. The van der Waals surface area contributed by atoms with Crippen LogP contribution >= 0.6 is 0 Å². The van der Waals surface area contributed by atoms with Crippen molar-refractivity contribution in [3.05, 3.63) is 12.4 Å². The van der Waals surface area contributed by atoms with Crippen molar-refractivity contribution in [1.82, 2.24) is 15.1 Å². The van der Waals surface area contributed by atoms with Gasteiger partial charge in [0, 0.05) is 19.9 Å². The Labute approximate surface area is 130 Å². The Hall–Kier alpha value is -1.93. The number of methoxy groups -OCH3 is 1. The number of aromatic nitrogens is 2. The molecular formula is C14H25N5O3. The van der Waals surface area contributed by atoms with Crippen molar-refractivity contribution in [3.8, 4) is 0 Å². The fourth-order valence-electron chi connectivity index (χ4n) is 1.86. The van der Waals surface area contributed by atoms with E-state index in [0.717, 1.165) is 0 Å². The van der Waals surface area contributed by atoms with E-state index < -0.39 is 6.04 Å². The fraction of sp³-hybridized carbons (Fsp3) is 0.643. The maximum absolute atomic E-state index is 11.9. The molecule has 0 aliphatic heterocycles. The molecule has 0 aliphatic carbocycles. The topological polar surface area (TPSA) is 111 Å². The molecule has 0 saturated heterocycles. The predicted molar refractivity (Wildman–Crippen MR) is 83.2 cm³/mol. The lowest BCUT2D eigenvalue weighted by atomic mass is 10.0. The second-order valence-corrected chi connectivity index (χ2v) is 5.49. The van der Waals surface area contributed by atoms with E-state index >= 15 is 0 Å². The number of carbonyl (C=O) groups excluding carboxylic acids is 2. The third kappa shape index (κ3) is 6.68. The first-order valence-electron chi connectivity index (χ1n) is 7.27. The fourth-order valence-corrected chi connectivity index (χ4v) is 1.86. The summed E-state index contributed by atoms with van der Waals surface area (Å²) in [6.07, 6.45) is 3.69. The normalized spacial score (nSPS) is 12.2. The van der Waals surface area contributed by atoms with Crippen molar-refractivity contribution < 1.29 is 14.3 Å². The van der Waals surface area contributed by atoms with E-state index in [2.05, 4.69) is 15.7 Å². The minimum absolute atomic E-state index is 0.0810. The van der Waals surface area contributed by atoms with Crippen LogP contribution in [0.3, 0.4) is 0 Å². The Morgan fingerprint density at radius 3 is 2.82 bits per heavy atom. The van der Waals surface area contributed by atoms with Gasteiger partial charge in [0.2, 0.25) is 11.8 Å². The smallest absolute Gasteiger partial charge is 0.241 e. The molecule has 0 aliphatic rings. The second kappa shape index (κ2) is 9.16. The third-order valence-corrected chi connectivity index (χ3v) is 2.90. The highest BCUT2D eigenvalue weighted by Gasteiger charge is 2.15. The van der Waals surface area contributed by atoms with Crippen LogP contribution in [0.5, 0.6) is 0 Å². The Morgan fingerprint density at radius 1 is 1.45 bits per heavy atom. The van der Waals surface area contributed by atoms with Crippen LogP contribution < -0.4 is 16.4 Å². The summed E-state index contributed by atoms with van der Waals surface area (Å²) in [5.41, 5.74) is 6.33. The number of nitrogens with zero attached hydrogens (tertiary/aromatic N) is 2. The first-order chi connectivity index (χ1) is 10.4. The Bertz CT molecular complexity index is 487. The number of nitrogens with two attached hydrogens (primary N) is 1. The van der Waals surface area contributed by atoms with Crippen LogP contribution in [0.2, 0.25) is 0 Å². The molecule has 4 N–H and O–H groups in total. The van der Waals surface area contributed by atoms with Crippen LogP contribution in [0.1, 0.15) is 20.3 Å². The maximum Gasteiger partial charge on any atom is 0.241 e. The Balaban J connectivity index is 2.43. The quantitative estimate of drug-likeness (QED) is 0.554. The van der Waals surface area contributed by atoms with E-state index in [1.807, 2.05) is 13.8 Å². The van der Waals surface area contributed by atoms with Crippen LogP contribution in [-0.4, -0.2) is 47.9 Å². The van der Waals surface area contributed by atoms with Crippen molar-refractivity contribution in [1.29, 1.82) is 0 Å². The van der Waals surface area contributed by atoms with E-state index in [1.165, 1.54) is 10.9 Å². The Morgan fingerprint density at radius 2 is 2.18 bits per heavy atom. The van der Waals surface area contributed by atoms with Crippen molar-refractivity contribution >= 4 is 17.5 Å². The zero-order chi connectivity index (χ0) is 16.5. The van der Waals surface area contributed by atoms with Gasteiger partial charge in [0.25, 0.3) is 0 Å². The number of anilines is 1. The van der Waals surface area contributed by atoms with E-state index in [4.69, 9.17) is 10.5 Å². The highest BCUT2D eigenvalue weighted by atomic mass is 16.5. The van der Waals surface area contributed by atoms with Crippen LogP contribution in [0.25, 0.3) is 0 Å². The van der Waals surface area contributed by atoms with Gasteiger partial charge in [0.15, 0.2) is 0 Å². The van der Waals surface area contributed by atoms with Crippen molar-refractivity contribution in [2.24, 2.45) is 11.7 Å². The number of hydrogen-bond acceptors (Lipinski definition) is 5. The molecule has 0 unspecified atom stereocenters. The summed E-state index contributed by atoms with van der Waals surface area (Å²) >= 11 is 0. The van der Waals surface area contributed by atoms with Crippen molar-refractivity contribution in [2.75, 3.05) is 25.6 Å². The lowest BCUT2D eigenvalue weighted by molar-refractivity contribution is -0.122. The number of hydrogen-bond donors (Lipinski definition) is 3. The molecule has 0 fully saturated rings. The molecule has 1 aromatic rings. The van der Waals surface area contributed by atoms with Gasteiger partial charge in [0.1, 0.15) is 6.54 Å². The molecule has 8 nitrogen and oxygen atoms in total. The van der Waals surface area contributed by atoms with Gasteiger partial charge in [0.05, 0.1) is 24.5 Å². The summed E-state index contributed by atoms with van der Waals surface area (Å²) in [6, 6.07) is -0.555. The minimum atomic E-state index is -0.555. The second-order valence-electron chi connectivity index (χ2n) is 5.49. The molecule has 124 valence electrons. The van der Waals surface area contributed by atoms with E-state index in [-0.39, 0.29) is 18.4 Å². The lowest BCUT2D eigenvalue weighted by Crippen LogP contribution is -2.36. The van der Waals surface area contributed by atoms with Gasteiger partial charge in [-0.1, -0.05) is 13.8 Å². The third-order valence-electron chi connectivity index (χ3n) is 2.90. The number of rotatable bonds is 9. The van der Waals surface area contributed by atoms with Gasteiger partial charge in [-0.15, -0.1) is 0 Å². The van der Waals surface area contributed by atoms with Gasteiger partial charge in [-0.25, -0.2) is 0 Å². The van der Waals surface area contributed by atoms with Gasteiger partial charge >= 0.3 is 0 Å². The van der Waals surface area contributed by atoms with E-state index in [9.17, 15) is 9.59 Å². The lowest BCUT2D eigenvalue weighted by Gasteiger charge is -2.13. The predicted octanol–water partition coefficient (Wildman–Crippen LogP) is -0.0424. The van der Waals surface area contributed by atoms with Crippen molar-refractivity contribution in [2.45, 2.75) is 32.9 Å². The van der Waals surface area contributed by atoms with Crippen LogP contribution in [0.4, 0.5) is 5.69 Å². The van der Waals surface area contributed by atoms with Crippen LogP contribution in [0.15, 0.2) is 12.4 Å². The minimum Gasteiger partial charge on any atom is -0.383 e. The van der Waals surface area contributed by atoms with Crippen LogP contribution in [0, 0.1) is 5.92 Å². The monoisotopic (exact) mass is 311 g/mol. The van der Waals surface area contributed by atoms with Gasteiger partial charge in [-0.3, -0.25) is 14.3 Å². The molecule has 0 aromatic carbocycles. The first kappa shape index (κ1) is 18.1. The van der Waals surface area contributed by atoms with Gasteiger partial charge in [-0.05, 0) is 12.3 Å². The molecule has 0 saturated carbocycles. The summed E-state index contributed by atoms with van der Waals surface area (Å²) in [5, 5.41) is 9.41. The summed E-state index contributed by atoms with van der Waals surface area (Å²) in [7, 11) is 1.57. The summed E-state index contributed by atoms with van der Waals surface area (Å²) in [4.78, 5) is 23.5. The summed E-state index contributed by atoms with van der Waals surface area (Å²) in [5.74, 6) is -0.0772. The molecule has 2 amide bonds. The number of nitrogens with one attached hydrogen (secondary N) is 2. The zero-order valence-corrected chi connectivity index (χ0v) is 13.3. The number of carbonyl (C=O) groups is 2. The molecule has 1 rings (SSSR count). The average molecular weight is 311 g/mol. The molecule has 0 radical (unpaired) electrons. The SMILES string of the molecule is COCCNC(=O)Cn1cc(NC(=O)[C@@H](N)CC(C)C)cn1. The zero-order valence-electron chi connectivity index (χ0n) is 13.3. The highest BCUT2D eigenvalue weighted by Crippen LogP contribution is 2.08. The first-order valence-corrected chi connectivity index (χ1v) is 7.27. The molecule has 1 atom stereocenters. The van der Waals surface area contributed by atoms with Gasteiger partial charge < -0.3 is 21.1 Å².